The first kappa shape index (κ1) is 21.2. The summed E-state index contributed by atoms with van der Waals surface area (Å²) in [6, 6.07) is 30.6. The number of ketones is 1. The van der Waals surface area contributed by atoms with E-state index in [1.165, 1.54) is 0 Å². The molecule has 34 heavy (non-hydrogen) atoms. The number of carbonyl (C=O) groups is 1. The van der Waals surface area contributed by atoms with Gasteiger partial charge in [0.2, 0.25) is 5.78 Å². The van der Waals surface area contributed by atoms with Crippen molar-refractivity contribution in [3.05, 3.63) is 125 Å². The van der Waals surface area contributed by atoms with Crippen molar-refractivity contribution in [3.63, 3.8) is 0 Å². The highest BCUT2D eigenvalue weighted by Gasteiger charge is 2.24. The van der Waals surface area contributed by atoms with Gasteiger partial charge in [0, 0.05) is 16.5 Å². The van der Waals surface area contributed by atoms with Crippen LogP contribution in [0.5, 0.6) is 17.2 Å². The van der Waals surface area contributed by atoms with Crippen molar-refractivity contribution >= 4 is 16.8 Å². The molecule has 0 aliphatic carbocycles. The Balaban J connectivity index is 1.72. The summed E-state index contributed by atoms with van der Waals surface area (Å²) in [4.78, 5) is 26.6. The molecule has 166 valence electrons. The van der Waals surface area contributed by atoms with Crippen LogP contribution in [-0.2, 0) is 0 Å². The highest BCUT2D eigenvalue weighted by Crippen LogP contribution is 2.35. The molecule has 5 aromatic rings. The summed E-state index contributed by atoms with van der Waals surface area (Å²) in [5, 5.41) is 0.607. The SMILES string of the molecule is COc1ccc(C(=O)c2c(-c3ccccc3)c3cc(Oc4ccccc4)ccc3oc2=O)cc1. The minimum atomic E-state index is -0.691. The molecule has 0 aliphatic rings. The van der Waals surface area contributed by atoms with Crippen LogP contribution < -0.4 is 15.1 Å². The van der Waals surface area contributed by atoms with Crippen LogP contribution in [0.1, 0.15) is 15.9 Å². The summed E-state index contributed by atoms with van der Waals surface area (Å²) in [6.07, 6.45) is 0. The highest BCUT2D eigenvalue weighted by molar-refractivity contribution is 6.16. The molecule has 0 atom stereocenters. The number of fused-ring (bicyclic) bond motifs is 1. The molecular weight excluding hydrogens is 428 g/mol. The Labute approximate surface area is 195 Å². The van der Waals surface area contributed by atoms with Gasteiger partial charge >= 0.3 is 5.63 Å². The number of carbonyl (C=O) groups excluding carboxylic acids is 1. The van der Waals surface area contributed by atoms with Gasteiger partial charge in [-0.1, -0.05) is 48.5 Å². The predicted molar refractivity (Wildman–Crippen MR) is 131 cm³/mol. The first-order valence-corrected chi connectivity index (χ1v) is 10.7. The van der Waals surface area contributed by atoms with E-state index in [-0.39, 0.29) is 5.56 Å². The first-order valence-electron chi connectivity index (χ1n) is 10.7. The lowest BCUT2D eigenvalue weighted by Gasteiger charge is -2.13. The lowest BCUT2D eigenvalue weighted by Crippen LogP contribution is -2.17. The summed E-state index contributed by atoms with van der Waals surface area (Å²) >= 11 is 0. The molecule has 5 rings (SSSR count). The molecule has 0 amide bonds. The molecule has 5 nitrogen and oxygen atoms in total. The predicted octanol–water partition coefficient (Wildman–Crippen LogP) is 6.49. The molecule has 0 saturated heterocycles. The van der Waals surface area contributed by atoms with Crippen molar-refractivity contribution in [1.82, 2.24) is 0 Å². The number of ether oxygens (including phenoxy) is 2. The van der Waals surface area contributed by atoms with Gasteiger partial charge in [-0.15, -0.1) is 0 Å². The Kier molecular flexibility index (Phi) is 5.67. The fourth-order valence-electron chi connectivity index (χ4n) is 3.87. The Bertz CT molecular complexity index is 1520. The lowest BCUT2D eigenvalue weighted by atomic mass is 9.92. The Morgan fingerprint density at radius 2 is 1.38 bits per heavy atom. The Hall–Kier alpha value is -4.64. The van der Waals surface area contributed by atoms with E-state index in [0.29, 0.717) is 39.3 Å². The molecule has 4 aromatic carbocycles. The molecule has 5 heteroatoms. The van der Waals surface area contributed by atoms with E-state index in [0.717, 1.165) is 5.56 Å². The molecule has 0 spiro atoms. The topological polar surface area (TPSA) is 65.7 Å². The molecule has 1 heterocycles. The molecule has 0 unspecified atom stereocenters. The maximum Gasteiger partial charge on any atom is 0.348 e. The van der Waals surface area contributed by atoms with Crippen LogP contribution in [0.25, 0.3) is 22.1 Å². The van der Waals surface area contributed by atoms with E-state index in [9.17, 15) is 9.59 Å². The van der Waals surface area contributed by atoms with Crippen LogP contribution in [0.15, 0.2) is 112 Å². The van der Waals surface area contributed by atoms with E-state index in [1.807, 2.05) is 60.7 Å². The van der Waals surface area contributed by atoms with Crippen molar-refractivity contribution in [2.45, 2.75) is 0 Å². The number of para-hydroxylation sites is 1. The van der Waals surface area contributed by atoms with Crippen LogP contribution >= 0.6 is 0 Å². The number of benzene rings is 4. The zero-order valence-corrected chi connectivity index (χ0v) is 18.4. The van der Waals surface area contributed by atoms with Gasteiger partial charge in [0.1, 0.15) is 28.4 Å². The molecule has 0 saturated carbocycles. The number of methoxy groups -OCH3 is 1. The second-order valence-electron chi connectivity index (χ2n) is 7.64. The molecule has 0 N–H and O–H groups in total. The van der Waals surface area contributed by atoms with E-state index in [2.05, 4.69) is 0 Å². The molecular formula is C29H20O5. The van der Waals surface area contributed by atoms with Crippen LogP contribution in [0.4, 0.5) is 0 Å². The van der Waals surface area contributed by atoms with Gasteiger partial charge in [-0.05, 0) is 60.2 Å². The number of rotatable bonds is 6. The number of hydrogen-bond donors (Lipinski definition) is 0. The molecule has 0 aliphatic heterocycles. The van der Waals surface area contributed by atoms with Gasteiger partial charge in [0.25, 0.3) is 0 Å². The van der Waals surface area contributed by atoms with Crippen molar-refractivity contribution in [2.24, 2.45) is 0 Å². The van der Waals surface area contributed by atoms with Crippen LogP contribution in [0.2, 0.25) is 0 Å². The molecule has 0 fully saturated rings. The maximum atomic E-state index is 13.5. The van der Waals surface area contributed by atoms with E-state index >= 15 is 0 Å². The third-order valence-corrected chi connectivity index (χ3v) is 5.50. The summed E-state index contributed by atoms with van der Waals surface area (Å²) in [5.41, 5.74) is 1.25. The van der Waals surface area contributed by atoms with Crippen molar-refractivity contribution in [1.29, 1.82) is 0 Å². The van der Waals surface area contributed by atoms with Gasteiger partial charge in [-0.2, -0.15) is 0 Å². The maximum absolute atomic E-state index is 13.5. The third-order valence-electron chi connectivity index (χ3n) is 5.50. The second-order valence-corrected chi connectivity index (χ2v) is 7.64. The zero-order chi connectivity index (χ0) is 23.5. The van der Waals surface area contributed by atoms with Gasteiger partial charge in [0.15, 0.2) is 0 Å². The summed E-state index contributed by atoms with van der Waals surface area (Å²) in [7, 11) is 1.55. The second kappa shape index (κ2) is 9.08. The van der Waals surface area contributed by atoms with Gasteiger partial charge in [-0.3, -0.25) is 4.79 Å². The monoisotopic (exact) mass is 448 g/mol. The van der Waals surface area contributed by atoms with Gasteiger partial charge < -0.3 is 13.9 Å². The fourth-order valence-corrected chi connectivity index (χ4v) is 3.87. The van der Waals surface area contributed by atoms with E-state index in [1.54, 1.807) is 49.6 Å². The number of hydrogen-bond acceptors (Lipinski definition) is 5. The van der Waals surface area contributed by atoms with Crippen LogP contribution in [0.3, 0.4) is 0 Å². The normalized spacial score (nSPS) is 10.7. The van der Waals surface area contributed by atoms with Crippen molar-refractivity contribution in [3.8, 4) is 28.4 Å². The average Bonchev–Trinajstić information content (AvgIpc) is 2.89. The first-order chi connectivity index (χ1) is 16.6. The minimum absolute atomic E-state index is 0.0271. The standard InChI is InChI=1S/C29H20O5/c1-32-21-14-12-20(13-15-21)28(30)27-26(19-8-4-2-5-9-19)24-18-23(16-17-25(24)34-29(27)31)33-22-10-6-3-7-11-22/h2-18H,1H3. The average molecular weight is 448 g/mol. The highest BCUT2D eigenvalue weighted by atomic mass is 16.5. The van der Waals surface area contributed by atoms with Gasteiger partial charge in [0.05, 0.1) is 7.11 Å². The van der Waals surface area contributed by atoms with Gasteiger partial charge in [-0.25, -0.2) is 4.79 Å². The molecule has 0 bridgehead atoms. The van der Waals surface area contributed by atoms with Crippen LogP contribution in [0, 0.1) is 0 Å². The fraction of sp³-hybridized carbons (Fsp3) is 0.0345. The Morgan fingerprint density at radius 3 is 2.06 bits per heavy atom. The molecule has 1 aromatic heterocycles. The Morgan fingerprint density at radius 1 is 0.735 bits per heavy atom. The largest absolute Gasteiger partial charge is 0.497 e. The summed E-state index contributed by atoms with van der Waals surface area (Å²) < 4.78 is 16.8. The lowest BCUT2D eigenvalue weighted by molar-refractivity contribution is 0.103. The minimum Gasteiger partial charge on any atom is -0.497 e. The zero-order valence-electron chi connectivity index (χ0n) is 18.4. The van der Waals surface area contributed by atoms with Crippen molar-refractivity contribution in [2.75, 3.05) is 7.11 Å². The van der Waals surface area contributed by atoms with Crippen LogP contribution in [-0.4, -0.2) is 12.9 Å². The van der Waals surface area contributed by atoms with E-state index < -0.39 is 11.4 Å². The summed E-state index contributed by atoms with van der Waals surface area (Å²) in [5.74, 6) is 1.43. The smallest absolute Gasteiger partial charge is 0.348 e. The summed E-state index contributed by atoms with van der Waals surface area (Å²) in [6.45, 7) is 0. The quantitative estimate of drug-likeness (QED) is 0.219. The van der Waals surface area contributed by atoms with Crippen molar-refractivity contribution < 1.29 is 18.7 Å². The molecule has 0 radical (unpaired) electrons. The third kappa shape index (κ3) is 4.07. The van der Waals surface area contributed by atoms with E-state index in [4.69, 9.17) is 13.9 Å².